The molecule has 0 aromatic heterocycles. The van der Waals surface area contributed by atoms with Crippen molar-refractivity contribution in [2.45, 2.75) is 57.5 Å². The summed E-state index contributed by atoms with van der Waals surface area (Å²) in [7, 11) is 1.73. The van der Waals surface area contributed by atoms with E-state index >= 15 is 0 Å². The Balaban J connectivity index is 2.06. The number of nitrogens with two attached hydrogens (primary N) is 1. The normalized spacial score (nSPS) is 23.4. The molecule has 0 radical (unpaired) electrons. The lowest BCUT2D eigenvalue weighted by Gasteiger charge is -2.28. The molecule has 0 spiro atoms. The van der Waals surface area contributed by atoms with Gasteiger partial charge in [-0.05, 0) is 55.4 Å². The van der Waals surface area contributed by atoms with Crippen LogP contribution in [-0.4, -0.2) is 19.2 Å². The Morgan fingerprint density at radius 1 is 1.21 bits per heavy atom. The van der Waals surface area contributed by atoms with E-state index in [0.29, 0.717) is 18.0 Å². The fourth-order valence-corrected chi connectivity index (χ4v) is 2.77. The number of anilines is 1. The molecule has 2 rings (SSSR count). The van der Waals surface area contributed by atoms with Gasteiger partial charge in [-0.25, -0.2) is 0 Å². The van der Waals surface area contributed by atoms with Crippen LogP contribution in [0.25, 0.3) is 0 Å². The Bertz CT molecular complexity index is 409. The summed E-state index contributed by atoms with van der Waals surface area (Å²) in [6, 6.07) is 7.36. The SMILES string of the molecule is COc1ccc(NC2CCC(N)CC2)cc1C(C)C. The largest absolute Gasteiger partial charge is 0.496 e. The summed E-state index contributed by atoms with van der Waals surface area (Å²) in [4.78, 5) is 0. The van der Waals surface area contributed by atoms with Crippen LogP contribution in [0.2, 0.25) is 0 Å². The zero-order valence-corrected chi connectivity index (χ0v) is 12.3. The highest BCUT2D eigenvalue weighted by Gasteiger charge is 2.18. The van der Waals surface area contributed by atoms with Crippen LogP contribution in [0, 0.1) is 0 Å². The average Bonchev–Trinajstić information content (AvgIpc) is 2.41. The van der Waals surface area contributed by atoms with Crippen molar-refractivity contribution >= 4 is 5.69 Å². The molecule has 0 aliphatic heterocycles. The summed E-state index contributed by atoms with van der Waals surface area (Å²) in [5, 5.41) is 3.64. The van der Waals surface area contributed by atoms with Crippen molar-refractivity contribution in [1.82, 2.24) is 0 Å². The van der Waals surface area contributed by atoms with Gasteiger partial charge < -0.3 is 15.8 Å². The van der Waals surface area contributed by atoms with Crippen LogP contribution >= 0.6 is 0 Å². The minimum Gasteiger partial charge on any atom is -0.496 e. The fraction of sp³-hybridized carbons (Fsp3) is 0.625. The van der Waals surface area contributed by atoms with Gasteiger partial charge in [-0.3, -0.25) is 0 Å². The zero-order valence-electron chi connectivity index (χ0n) is 12.3. The maximum absolute atomic E-state index is 5.95. The van der Waals surface area contributed by atoms with Gasteiger partial charge in [0.2, 0.25) is 0 Å². The maximum atomic E-state index is 5.95. The first-order valence-electron chi connectivity index (χ1n) is 7.30. The molecular formula is C16H26N2O. The topological polar surface area (TPSA) is 47.3 Å². The van der Waals surface area contributed by atoms with Crippen molar-refractivity contribution in [3.63, 3.8) is 0 Å². The number of methoxy groups -OCH3 is 1. The van der Waals surface area contributed by atoms with Gasteiger partial charge in [-0.1, -0.05) is 13.8 Å². The quantitative estimate of drug-likeness (QED) is 0.873. The van der Waals surface area contributed by atoms with Crippen molar-refractivity contribution in [3.05, 3.63) is 23.8 Å². The lowest BCUT2D eigenvalue weighted by molar-refractivity contribution is 0.406. The van der Waals surface area contributed by atoms with Crippen LogP contribution in [-0.2, 0) is 0 Å². The first-order chi connectivity index (χ1) is 9.10. The highest BCUT2D eigenvalue weighted by molar-refractivity contribution is 5.52. The third kappa shape index (κ3) is 3.63. The van der Waals surface area contributed by atoms with Crippen LogP contribution in [0.5, 0.6) is 5.75 Å². The van der Waals surface area contributed by atoms with Gasteiger partial charge in [0.1, 0.15) is 5.75 Å². The van der Waals surface area contributed by atoms with Crippen molar-refractivity contribution in [3.8, 4) is 5.75 Å². The van der Waals surface area contributed by atoms with Gasteiger partial charge in [0.25, 0.3) is 0 Å². The molecule has 1 aliphatic rings. The smallest absolute Gasteiger partial charge is 0.122 e. The molecule has 3 nitrogen and oxygen atoms in total. The van der Waals surface area contributed by atoms with Crippen molar-refractivity contribution in [2.75, 3.05) is 12.4 Å². The van der Waals surface area contributed by atoms with E-state index in [0.717, 1.165) is 18.6 Å². The molecule has 0 saturated heterocycles. The second kappa shape index (κ2) is 6.29. The molecule has 19 heavy (non-hydrogen) atoms. The van der Waals surface area contributed by atoms with E-state index in [2.05, 4.69) is 37.4 Å². The Hall–Kier alpha value is -1.22. The molecule has 0 amide bonds. The second-order valence-corrected chi connectivity index (χ2v) is 5.87. The van der Waals surface area contributed by atoms with Crippen molar-refractivity contribution < 1.29 is 4.74 Å². The zero-order chi connectivity index (χ0) is 13.8. The van der Waals surface area contributed by atoms with Crippen LogP contribution in [0.1, 0.15) is 51.0 Å². The minimum atomic E-state index is 0.403. The molecule has 0 unspecified atom stereocenters. The van der Waals surface area contributed by atoms with Crippen molar-refractivity contribution in [2.24, 2.45) is 5.73 Å². The van der Waals surface area contributed by atoms with E-state index in [1.54, 1.807) is 7.11 Å². The average molecular weight is 262 g/mol. The number of benzene rings is 1. The van der Waals surface area contributed by atoms with Gasteiger partial charge in [0.15, 0.2) is 0 Å². The van der Waals surface area contributed by atoms with Gasteiger partial charge in [-0.2, -0.15) is 0 Å². The Morgan fingerprint density at radius 3 is 2.47 bits per heavy atom. The molecule has 1 saturated carbocycles. The monoisotopic (exact) mass is 262 g/mol. The molecule has 1 fully saturated rings. The number of ether oxygens (including phenoxy) is 1. The minimum absolute atomic E-state index is 0.403. The maximum Gasteiger partial charge on any atom is 0.122 e. The predicted octanol–water partition coefficient (Wildman–Crippen LogP) is 3.50. The standard InChI is InChI=1S/C16H26N2O/c1-11(2)15-10-14(8-9-16(15)19-3)18-13-6-4-12(17)5-7-13/h8-13,18H,4-7,17H2,1-3H3. The molecule has 1 aliphatic carbocycles. The summed E-state index contributed by atoms with van der Waals surface area (Å²) >= 11 is 0. The molecule has 3 heteroatoms. The van der Waals surface area contributed by atoms with Gasteiger partial charge in [-0.15, -0.1) is 0 Å². The highest BCUT2D eigenvalue weighted by atomic mass is 16.5. The Labute approximate surface area is 116 Å². The molecule has 0 bridgehead atoms. The van der Waals surface area contributed by atoms with Gasteiger partial charge in [0.05, 0.1) is 7.11 Å². The number of hydrogen-bond donors (Lipinski definition) is 2. The van der Waals surface area contributed by atoms with Crippen molar-refractivity contribution in [1.29, 1.82) is 0 Å². The second-order valence-electron chi connectivity index (χ2n) is 5.87. The molecule has 106 valence electrons. The van der Waals surface area contributed by atoms with E-state index in [4.69, 9.17) is 10.5 Å². The number of nitrogens with one attached hydrogen (secondary N) is 1. The van der Waals surface area contributed by atoms with E-state index in [-0.39, 0.29) is 0 Å². The van der Waals surface area contributed by atoms with Crippen LogP contribution in [0.15, 0.2) is 18.2 Å². The number of rotatable bonds is 4. The van der Waals surface area contributed by atoms with Crippen LogP contribution in [0.3, 0.4) is 0 Å². The first-order valence-corrected chi connectivity index (χ1v) is 7.30. The van der Waals surface area contributed by atoms with E-state index in [1.807, 2.05) is 0 Å². The van der Waals surface area contributed by atoms with Gasteiger partial charge >= 0.3 is 0 Å². The highest BCUT2D eigenvalue weighted by Crippen LogP contribution is 2.30. The molecule has 0 atom stereocenters. The predicted molar refractivity (Wildman–Crippen MR) is 80.9 cm³/mol. The molecular weight excluding hydrogens is 236 g/mol. The van der Waals surface area contributed by atoms with E-state index in [1.165, 1.54) is 24.1 Å². The van der Waals surface area contributed by atoms with E-state index in [9.17, 15) is 0 Å². The summed E-state index contributed by atoms with van der Waals surface area (Å²) in [6.45, 7) is 4.39. The lowest BCUT2D eigenvalue weighted by Crippen LogP contribution is -2.32. The summed E-state index contributed by atoms with van der Waals surface area (Å²) < 4.78 is 5.42. The van der Waals surface area contributed by atoms with Gasteiger partial charge in [0, 0.05) is 17.8 Å². The summed E-state index contributed by atoms with van der Waals surface area (Å²) in [5.41, 5.74) is 8.41. The Kier molecular flexibility index (Phi) is 4.70. The molecule has 3 N–H and O–H groups in total. The van der Waals surface area contributed by atoms with E-state index < -0.39 is 0 Å². The summed E-state index contributed by atoms with van der Waals surface area (Å²) in [5.74, 6) is 1.45. The third-order valence-electron chi connectivity index (χ3n) is 3.99. The molecule has 1 aromatic carbocycles. The summed E-state index contributed by atoms with van der Waals surface area (Å²) in [6.07, 6.45) is 4.60. The number of hydrogen-bond acceptors (Lipinski definition) is 3. The van der Waals surface area contributed by atoms with Crippen LogP contribution in [0.4, 0.5) is 5.69 Å². The molecule has 1 aromatic rings. The fourth-order valence-electron chi connectivity index (χ4n) is 2.77. The van der Waals surface area contributed by atoms with Crippen LogP contribution < -0.4 is 15.8 Å². The molecule has 0 heterocycles. The third-order valence-corrected chi connectivity index (χ3v) is 3.99. The Morgan fingerprint density at radius 2 is 1.89 bits per heavy atom. The first kappa shape index (κ1) is 14.2. The lowest BCUT2D eigenvalue weighted by atomic mass is 9.91.